The van der Waals surface area contributed by atoms with Crippen LogP contribution in [0.2, 0.25) is 0 Å². The molecule has 8 heteroatoms. The maximum absolute atomic E-state index is 13.3. The summed E-state index contributed by atoms with van der Waals surface area (Å²) >= 11 is 1.30. The molecule has 6 nitrogen and oxygen atoms in total. The molecule has 180 valence electrons. The number of aromatic nitrogens is 3. The van der Waals surface area contributed by atoms with Crippen molar-refractivity contribution in [3.63, 3.8) is 0 Å². The second-order valence-corrected chi connectivity index (χ2v) is 9.28. The summed E-state index contributed by atoms with van der Waals surface area (Å²) in [5.41, 5.74) is 2.83. The fourth-order valence-corrected chi connectivity index (χ4v) is 4.27. The number of thioether (sulfide) groups is 1. The highest BCUT2D eigenvalue weighted by molar-refractivity contribution is 7.99. The van der Waals surface area contributed by atoms with Crippen molar-refractivity contribution in [1.29, 1.82) is 0 Å². The Balaban J connectivity index is 1.49. The number of nitrogens with one attached hydrogen (secondary N) is 1. The molecule has 4 rings (SSSR count). The largest absolute Gasteiger partial charge is 0.483 e. The summed E-state index contributed by atoms with van der Waals surface area (Å²) in [6.07, 6.45) is -0.462. The molecule has 0 radical (unpaired) electrons. The van der Waals surface area contributed by atoms with Gasteiger partial charge >= 0.3 is 0 Å². The van der Waals surface area contributed by atoms with E-state index in [1.165, 1.54) is 29.5 Å². The molecule has 35 heavy (non-hydrogen) atoms. The molecule has 1 aromatic heterocycles. The van der Waals surface area contributed by atoms with Gasteiger partial charge in [-0.1, -0.05) is 55.9 Å². The second-order valence-electron chi connectivity index (χ2n) is 8.34. The molecular formula is C27H27FN4O2S. The van der Waals surface area contributed by atoms with Gasteiger partial charge in [0.05, 0.1) is 5.75 Å². The van der Waals surface area contributed by atoms with Crippen LogP contribution in [0.15, 0.2) is 84.0 Å². The number of halogens is 1. The molecule has 1 atom stereocenters. The quantitative estimate of drug-likeness (QED) is 0.275. The average Bonchev–Trinajstić information content (AvgIpc) is 3.29. The van der Waals surface area contributed by atoms with E-state index in [1.54, 1.807) is 12.1 Å². The number of hydrogen-bond acceptors (Lipinski definition) is 5. The van der Waals surface area contributed by atoms with Gasteiger partial charge in [-0.05, 0) is 66.9 Å². The van der Waals surface area contributed by atoms with Crippen LogP contribution in [0.25, 0.3) is 5.69 Å². The molecule has 1 amide bonds. The molecule has 0 fully saturated rings. The van der Waals surface area contributed by atoms with Crippen molar-refractivity contribution in [1.82, 2.24) is 14.8 Å². The van der Waals surface area contributed by atoms with E-state index in [9.17, 15) is 9.18 Å². The van der Waals surface area contributed by atoms with Crippen molar-refractivity contribution < 1.29 is 13.9 Å². The number of carbonyl (C=O) groups excluding carboxylic acids is 1. The minimum atomic E-state index is -0.462. The monoisotopic (exact) mass is 490 g/mol. The number of amides is 1. The summed E-state index contributed by atoms with van der Waals surface area (Å²) in [6, 6.07) is 23.4. The summed E-state index contributed by atoms with van der Waals surface area (Å²) in [7, 11) is 0. The van der Waals surface area contributed by atoms with Gasteiger partial charge in [-0.3, -0.25) is 9.36 Å². The van der Waals surface area contributed by atoms with Gasteiger partial charge in [-0.15, -0.1) is 10.2 Å². The van der Waals surface area contributed by atoms with E-state index in [0.717, 1.165) is 11.4 Å². The van der Waals surface area contributed by atoms with E-state index in [4.69, 9.17) is 4.74 Å². The second kappa shape index (κ2) is 11.2. The molecule has 1 heterocycles. The van der Waals surface area contributed by atoms with Crippen LogP contribution in [0, 0.1) is 5.82 Å². The van der Waals surface area contributed by atoms with Crippen LogP contribution >= 0.6 is 11.8 Å². The predicted molar refractivity (Wildman–Crippen MR) is 137 cm³/mol. The normalized spacial score (nSPS) is 11.9. The van der Waals surface area contributed by atoms with Crippen LogP contribution in [-0.4, -0.2) is 26.4 Å². The van der Waals surface area contributed by atoms with Gasteiger partial charge in [0.1, 0.15) is 11.6 Å². The number of benzene rings is 3. The third-order valence-electron chi connectivity index (χ3n) is 5.36. The van der Waals surface area contributed by atoms with Gasteiger partial charge in [0, 0.05) is 11.4 Å². The van der Waals surface area contributed by atoms with Gasteiger partial charge in [-0.2, -0.15) is 0 Å². The summed E-state index contributed by atoms with van der Waals surface area (Å²) in [4.78, 5) is 12.6. The van der Waals surface area contributed by atoms with Crippen LogP contribution in [0.1, 0.15) is 44.2 Å². The first-order valence-electron chi connectivity index (χ1n) is 11.4. The molecule has 0 spiro atoms. The van der Waals surface area contributed by atoms with Crippen LogP contribution in [-0.2, 0) is 4.79 Å². The lowest BCUT2D eigenvalue weighted by atomic mass is 10.0. The van der Waals surface area contributed by atoms with Crippen molar-refractivity contribution in [2.75, 3.05) is 11.1 Å². The zero-order valence-corrected chi connectivity index (χ0v) is 20.6. The summed E-state index contributed by atoms with van der Waals surface area (Å²) in [6.45, 7) is 6.12. The molecule has 1 N–H and O–H groups in total. The highest BCUT2D eigenvalue weighted by Crippen LogP contribution is 2.28. The predicted octanol–water partition coefficient (Wildman–Crippen LogP) is 6.40. The number of rotatable bonds is 9. The Hall–Kier alpha value is -3.65. The van der Waals surface area contributed by atoms with Gasteiger partial charge < -0.3 is 10.1 Å². The fraction of sp³-hybridized carbons (Fsp3) is 0.222. The number of anilines is 1. The Morgan fingerprint density at radius 3 is 2.31 bits per heavy atom. The Morgan fingerprint density at radius 1 is 0.971 bits per heavy atom. The molecule has 0 saturated carbocycles. The van der Waals surface area contributed by atoms with Crippen LogP contribution in [0.3, 0.4) is 0 Å². The molecule has 0 saturated heterocycles. The van der Waals surface area contributed by atoms with Gasteiger partial charge in [0.15, 0.2) is 17.1 Å². The summed E-state index contributed by atoms with van der Waals surface area (Å²) < 4.78 is 21.1. The van der Waals surface area contributed by atoms with Gasteiger partial charge in [-0.25, -0.2) is 4.39 Å². The van der Waals surface area contributed by atoms with Crippen molar-refractivity contribution in [2.24, 2.45) is 0 Å². The van der Waals surface area contributed by atoms with E-state index < -0.39 is 6.10 Å². The number of ether oxygens (including phenoxy) is 1. The molecule has 0 aliphatic carbocycles. The van der Waals surface area contributed by atoms with E-state index >= 15 is 0 Å². The molecule has 1 unspecified atom stereocenters. The Labute approximate surface area is 208 Å². The van der Waals surface area contributed by atoms with Gasteiger partial charge in [0.25, 0.3) is 0 Å². The first-order valence-corrected chi connectivity index (χ1v) is 12.3. The summed E-state index contributed by atoms with van der Waals surface area (Å²) in [5, 5.41) is 12.2. The zero-order chi connectivity index (χ0) is 24.8. The standard InChI is InChI=1S/C27H27FN4O2S/c1-18(2)20-9-13-22(14-10-20)29-25(33)17-35-27-31-30-26(32(27)23-7-5-4-6-8-23)19(3)34-24-15-11-21(28)12-16-24/h4-16,18-19H,17H2,1-3H3,(H,29,33). The van der Waals surface area contributed by atoms with Crippen molar-refractivity contribution in [3.05, 3.63) is 96.1 Å². The van der Waals surface area contributed by atoms with E-state index in [2.05, 4.69) is 29.4 Å². The maximum Gasteiger partial charge on any atom is 0.234 e. The lowest BCUT2D eigenvalue weighted by Gasteiger charge is -2.16. The molecule has 0 bridgehead atoms. The first-order chi connectivity index (χ1) is 16.9. The lowest BCUT2D eigenvalue weighted by Crippen LogP contribution is -2.15. The van der Waals surface area contributed by atoms with Crippen molar-refractivity contribution in [3.8, 4) is 11.4 Å². The third kappa shape index (κ3) is 6.27. The zero-order valence-electron chi connectivity index (χ0n) is 19.8. The summed E-state index contributed by atoms with van der Waals surface area (Å²) in [5.74, 6) is 1.25. The number of nitrogens with zero attached hydrogens (tertiary/aromatic N) is 3. The minimum absolute atomic E-state index is 0.132. The molecule has 3 aromatic carbocycles. The molecule has 4 aromatic rings. The Bertz CT molecular complexity index is 1260. The van der Waals surface area contributed by atoms with Crippen LogP contribution in [0.5, 0.6) is 5.75 Å². The van der Waals surface area contributed by atoms with Gasteiger partial charge in [0.2, 0.25) is 5.91 Å². The molecule has 0 aliphatic heterocycles. The smallest absolute Gasteiger partial charge is 0.234 e. The topological polar surface area (TPSA) is 69.0 Å². The van der Waals surface area contributed by atoms with E-state index in [1.807, 2.05) is 66.1 Å². The lowest BCUT2D eigenvalue weighted by molar-refractivity contribution is -0.113. The first kappa shape index (κ1) is 24.5. The van der Waals surface area contributed by atoms with E-state index in [-0.39, 0.29) is 17.5 Å². The van der Waals surface area contributed by atoms with Crippen LogP contribution < -0.4 is 10.1 Å². The fourth-order valence-electron chi connectivity index (χ4n) is 3.51. The minimum Gasteiger partial charge on any atom is -0.483 e. The Kier molecular flexibility index (Phi) is 7.82. The molecular weight excluding hydrogens is 463 g/mol. The number of para-hydroxylation sites is 1. The maximum atomic E-state index is 13.3. The highest BCUT2D eigenvalue weighted by Gasteiger charge is 2.21. The average molecular weight is 491 g/mol. The molecule has 0 aliphatic rings. The van der Waals surface area contributed by atoms with Crippen molar-refractivity contribution >= 4 is 23.4 Å². The highest BCUT2D eigenvalue weighted by atomic mass is 32.2. The van der Waals surface area contributed by atoms with E-state index in [0.29, 0.717) is 22.6 Å². The number of hydrogen-bond donors (Lipinski definition) is 1. The Morgan fingerprint density at radius 2 is 1.66 bits per heavy atom. The van der Waals surface area contributed by atoms with Crippen molar-refractivity contribution in [2.45, 2.75) is 37.9 Å². The van der Waals surface area contributed by atoms with Crippen LogP contribution in [0.4, 0.5) is 10.1 Å². The third-order valence-corrected chi connectivity index (χ3v) is 6.29. The number of carbonyl (C=O) groups is 1. The SMILES string of the molecule is CC(C)c1ccc(NC(=O)CSc2nnc(C(C)Oc3ccc(F)cc3)n2-c2ccccc2)cc1.